The van der Waals surface area contributed by atoms with E-state index >= 15 is 0 Å². The van der Waals surface area contributed by atoms with Gasteiger partial charge in [-0.15, -0.1) is 0 Å². The second kappa shape index (κ2) is 3.92. The standard InChI is InChI=1S/C9H5Br3N2O/c10-4-2-5(11)8(15)7-3(4)1-6(12)9(13)14-7/h1-2,15H,(H2,13,14). The normalized spacial score (nSPS) is 10.9. The van der Waals surface area contributed by atoms with Crippen LogP contribution in [0.5, 0.6) is 5.75 Å². The molecule has 0 aliphatic rings. The molecule has 0 aliphatic carbocycles. The largest absolute Gasteiger partial charge is 0.505 e. The molecule has 0 atom stereocenters. The molecule has 15 heavy (non-hydrogen) atoms. The van der Waals surface area contributed by atoms with E-state index in [1.54, 1.807) is 6.07 Å². The minimum Gasteiger partial charge on any atom is -0.505 e. The first-order valence-electron chi connectivity index (χ1n) is 3.93. The number of aromatic hydroxyl groups is 1. The van der Waals surface area contributed by atoms with Crippen molar-refractivity contribution in [2.75, 3.05) is 5.73 Å². The molecule has 1 heterocycles. The molecule has 0 fully saturated rings. The van der Waals surface area contributed by atoms with E-state index in [2.05, 4.69) is 52.8 Å². The minimum atomic E-state index is 0.0902. The van der Waals surface area contributed by atoms with Gasteiger partial charge in [-0.2, -0.15) is 0 Å². The highest BCUT2D eigenvalue weighted by atomic mass is 79.9. The van der Waals surface area contributed by atoms with Gasteiger partial charge in [-0.25, -0.2) is 4.98 Å². The summed E-state index contributed by atoms with van der Waals surface area (Å²) in [6.45, 7) is 0. The topological polar surface area (TPSA) is 59.1 Å². The molecule has 0 saturated heterocycles. The van der Waals surface area contributed by atoms with Crippen LogP contribution in [0, 0.1) is 0 Å². The molecule has 0 aliphatic heterocycles. The Kier molecular flexibility index (Phi) is 2.92. The van der Waals surface area contributed by atoms with Crippen molar-refractivity contribution in [3.05, 3.63) is 25.6 Å². The Morgan fingerprint density at radius 1 is 1.07 bits per heavy atom. The second-order valence-electron chi connectivity index (χ2n) is 2.94. The molecule has 0 unspecified atom stereocenters. The summed E-state index contributed by atoms with van der Waals surface area (Å²) in [5, 5.41) is 10.6. The maximum atomic E-state index is 9.80. The average Bonchev–Trinajstić information content (AvgIpc) is 2.18. The zero-order chi connectivity index (χ0) is 11.2. The van der Waals surface area contributed by atoms with E-state index in [0.29, 0.717) is 20.3 Å². The third-order valence-electron chi connectivity index (χ3n) is 1.96. The van der Waals surface area contributed by atoms with Gasteiger partial charge in [0.2, 0.25) is 0 Å². The minimum absolute atomic E-state index is 0.0902. The molecule has 0 bridgehead atoms. The van der Waals surface area contributed by atoms with Crippen LogP contribution in [0.15, 0.2) is 25.6 Å². The Bertz CT molecular complexity index is 557. The number of phenolic OH excluding ortho intramolecular Hbond substituents is 1. The molecule has 2 aromatic rings. The molecule has 3 nitrogen and oxygen atoms in total. The van der Waals surface area contributed by atoms with Crippen LogP contribution in [0.25, 0.3) is 10.9 Å². The number of nitrogens with zero attached hydrogens (tertiary/aromatic N) is 1. The summed E-state index contributed by atoms with van der Waals surface area (Å²) in [4.78, 5) is 4.12. The van der Waals surface area contributed by atoms with Gasteiger partial charge in [0.05, 0.1) is 8.95 Å². The van der Waals surface area contributed by atoms with E-state index in [9.17, 15) is 5.11 Å². The quantitative estimate of drug-likeness (QED) is 0.712. The van der Waals surface area contributed by atoms with E-state index in [4.69, 9.17) is 5.73 Å². The molecule has 2 rings (SSSR count). The molecule has 3 N–H and O–H groups in total. The molecule has 1 aromatic carbocycles. The summed E-state index contributed by atoms with van der Waals surface area (Å²) >= 11 is 9.93. The smallest absolute Gasteiger partial charge is 0.156 e. The van der Waals surface area contributed by atoms with E-state index in [0.717, 1.165) is 9.86 Å². The summed E-state index contributed by atoms with van der Waals surface area (Å²) in [6, 6.07) is 3.58. The lowest BCUT2D eigenvalue weighted by atomic mass is 10.2. The lowest BCUT2D eigenvalue weighted by molar-refractivity contribution is 0.477. The van der Waals surface area contributed by atoms with Crippen molar-refractivity contribution in [1.29, 1.82) is 0 Å². The van der Waals surface area contributed by atoms with Crippen molar-refractivity contribution in [2.45, 2.75) is 0 Å². The van der Waals surface area contributed by atoms with E-state index < -0.39 is 0 Å². The Labute approximate surface area is 111 Å². The van der Waals surface area contributed by atoms with Crippen molar-refractivity contribution in [2.24, 2.45) is 0 Å². The molecule has 0 radical (unpaired) electrons. The molecule has 0 spiro atoms. The highest BCUT2D eigenvalue weighted by Gasteiger charge is 2.11. The summed E-state index contributed by atoms with van der Waals surface area (Å²) in [5.41, 5.74) is 6.12. The second-order valence-corrected chi connectivity index (χ2v) is 5.50. The SMILES string of the molecule is Nc1nc2c(O)c(Br)cc(Br)c2cc1Br. The zero-order valence-corrected chi connectivity index (χ0v) is 12.0. The number of hydrogen-bond donors (Lipinski definition) is 2. The number of nitrogens with two attached hydrogens (primary N) is 1. The number of halogens is 3. The lowest BCUT2D eigenvalue weighted by Crippen LogP contribution is -1.93. The predicted molar refractivity (Wildman–Crippen MR) is 70.9 cm³/mol. The zero-order valence-electron chi connectivity index (χ0n) is 7.26. The molecule has 0 saturated carbocycles. The van der Waals surface area contributed by atoms with Gasteiger partial charge in [0.25, 0.3) is 0 Å². The van der Waals surface area contributed by atoms with Crippen LogP contribution in [-0.2, 0) is 0 Å². The van der Waals surface area contributed by atoms with Crippen LogP contribution in [0.2, 0.25) is 0 Å². The maximum Gasteiger partial charge on any atom is 0.156 e. The maximum absolute atomic E-state index is 9.80. The Balaban J connectivity index is 2.97. The van der Waals surface area contributed by atoms with Crippen molar-refractivity contribution >= 4 is 64.5 Å². The van der Waals surface area contributed by atoms with Crippen LogP contribution in [0.1, 0.15) is 0 Å². The van der Waals surface area contributed by atoms with Gasteiger partial charge in [-0.05, 0) is 44.0 Å². The predicted octanol–water partition coefficient (Wildman–Crippen LogP) is 3.81. The Morgan fingerprint density at radius 2 is 1.73 bits per heavy atom. The van der Waals surface area contributed by atoms with Gasteiger partial charge in [0.1, 0.15) is 11.3 Å². The van der Waals surface area contributed by atoms with Crippen LogP contribution in [0.4, 0.5) is 5.82 Å². The molecule has 6 heteroatoms. The van der Waals surface area contributed by atoms with Crippen molar-refractivity contribution in [1.82, 2.24) is 4.98 Å². The van der Waals surface area contributed by atoms with E-state index in [1.165, 1.54) is 0 Å². The number of phenols is 1. The number of hydrogen-bond acceptors (Lipinski definition) is 3. The fourth-order valence-electron chi connectivity index (χ4n) is 1.24. The average molecular weight is 397 g/mol. The molecule has 1 aromatic heterocycles. The first-order chi connectivity index (χ1) is 7.00. The number of fused-ring (bicyclic) bond motifs is 1. The van der Waals surface area contributed by atoms with Gasteiger partial charge in [0, 0.05) is 9.86 Å². The summed E-state index contributed by atoms with van der Waals surface area (Å²) in [7, 11) is 0. The van der Waals surface area contributed by atoms with Crippen LogP contribution in [-0.4, -0.2) is 10.1 Å². The highest BCUT2D eigenvalue weighted by molar-refractivity contribution is 9.11. The monoisotopic (exact) mass is 394 g/mol. The number of aromatic nitrogens is 1. The summed E-state index contributed by atoms with van der Waals surface area (Å²) in [6.07, 6.45) is 0. The van der Waals surface area contributed by atoms with Crippen molar-refractivity contribution in [3.8, 4) is 5.75 Å². The van der Waals surface area contributed by atoms with Crippen molar-refractivity contribution < 1.29 is 5.11 Å². The molecular weight excluding hydrogens is 392 g/mol. The molecular formula is C9H5Br3N2O. The third-order valence-corrected chi connectivity index (χ3v) is 3.86. The van der Waals surface area contributed by atoms with Crippen LogP contribution < -0.4 is 5.73 Å². The van der Waals surface area contributed by atoms with E-state index in [-0.39, 0.29) is 5.75 Å². The van der Waals surface area contributed by atoms with Crippen LogP contribution >= 0.6 is 47.8 Å². The van der Waals surface area contributed by atoms with Gasteiger partial charge < -0.3 is 10.8 Å². The van der Waals surface area contributed by atoms with Crippen molar-refractivity contribution in [3.63, 3.8) is 0 Å². The van der Waals surface area contributed by atoms with E-state index in [1.807, 2.05) is 6.07 Å². The number of pyridine rings is 1. The van der Waals surface area contributed by atoms with Gasteiger partial charge >= 0.3 is 0 Å². The first-order valence-corrected chi connectivity index (χ1v) is 6.31. The van der Waals surface area contributed by atoms with Gasteiger partial charge in [-0.3, -0.25) is 0 Å². The van der Waals surface area contributed by atoms with Gasteiger partial charge in [0.15, 0.2) is 5.75 Å². The molecule has 0 amide bonds. The Morgan fingerprint density at radius 3 is 2.40 bits per heavy atom. The van der Waals surface area contributed by atoms with Gasteiger partial charge in [-0.1, -0.05) is 15.9 Å². The highest BCUT2D eigenvalue weighted by Crippen LogP contribution is 2.38. The first kappa shape index (κ1) is 11.2. The fourth-order valence-corrected chi connectivity index (χ4v) is 2.81. The number of rotatable bonds is 0. The van der Waals surface area contributed by atoms with Crippen LogP contribution in [0.3, 0.4) is 0 Å². The summed E-state index contributed by atoms with van der Waals surface area (Å²) in [5.74, 6) is 0.440. The summed E-state index contributed by atoms with van der Waals surface area (Å²) < 4.78 is 2.13. The fraction of sp³-hybridized carbons (Fsp3) is 0. The third kappa shape index (κ3) is 1.86. The number of benzene rings is 1. The number of anilines is 1. The Hall–Kier alpha value is -0.330. The number of nitrogen functional groups attached to an aromatic ring is 1. The molecule has 78 valence electrons. The lowest BCUT2D eigenvalue weighted by Gasteiger charge is -2.07.